The first kappa shape index (κ1) is 16.7. The van der Waals surface area contributed by atoms with Gasteiger partial charge < -0.3 is 10.5 Å². The third-order valence-electron chi connectivity index (χ3n) is 3.19. The van der Waals surface area contributed by atoms with Gasteiger partial charge in [0.25, 0.3) is 0 Å². The molecule has 0 bridgehead atoms. The summed E-state index contributed by atoms with van der Waals surface area (Å²) in [7, 11) is 0. The van der Waals surface area contributed by atoms with Crippen LogP contribution in [0.4, 0.5) is 5.69 Å². The molecule has 22 heavy (non-hydrogen) atoms. The van der Waals surface area contributed by atoms with Crippen LogP contribution in [0.1, 0.15) is 0 Å². The molecule has 0 aliphatic carbocycles. The van der Waals surface area contributed by atoms with Crippen LogP contribution in [0.25, 0.3) is 0 Å². The van der Waals surface area contributed by atoms with Crippen molar-refractivity contribution in [2.75, 3.05) is 18.2 Å². The Morgan fingerprint density at radius 2 is 2.09 bits per heavy atom. The van der Waals surface area contributed by atoms with Crippen molar-refractivity contribution in [3.05, 3.63) is 51.3 Å². The van der Waals surface area contributed by atoms with Crippen molar-refractivity contribution >= 4 is 47.0 Å². The van der Waals surface area contributed by atoms with Gasteiger partial charge in [-0.25, -0.2) is 5.01 Å². The van der Waals surface area contributed by atoms with E-state index in [1.54, 1.807) is 24.3 Å². The molecule has 0 spiro atoms. The summed E-state index contributed by atoms with van der Waals surface area (Å²) < 4.78 is 5.34. The van der Waals surface area contributed by atoms with Crippen molar-refractivity contribution in [2.45, 2.75) is 0 Å². The van der Waals surface area contributed by atoms with Gasteiger partial charge in [0.1, 0.15) is 17.5 Å². The van der Waals surface area contributed by atoms with E-state index < -0.39 is 0 Å². The van der Waals surface area contributed by atoms with Gasteiger partial charge in [-0.3, -0.25) is 0 Å². The lowest BCUT2D eigenvalue weighted by atomic mass is 9.99. The van der Waals surface area contributed by atoms with Crippen molar-refractivity contribution in [2.24, 2.45) is 10.8 Å². The Bertz CT molecular complexity index is 749. The number of hydrazone groups is 1. The van der Waals surface area contributed by atoms with E-state index in [4.69, 9.17) is 33.7 Å². The summed E-state index contributed by atoms with van der Waals surface area (Å²) in [5.74, 6) is 0.257. The SMILES string of the molecule is Cl.N#CC1=C(N)N(c2ccc(Cl)c(Cl)c2)N=C2COCC=C21. The van der Waals surface area contributed by atoms with Crippen molar-refractivity contribution in [1.29, 1.82) is 5.26 Å². The molecular formula is C14H11Cl3N4O. The zero-order valence-electron chi connectivity index (χ0n) is 11.2. The Kier molecular flexibility index (Phi) is 4.99. The number of nitriles is 1. The van der Waals surface area contributed by atoms with Crippen LogP contribution < -0.4 is 10.7 Å². The molecule has 2 aliphatic rings. The number of fused-ring (bicyclic) bond motifs is 1. The Labute approximate surface area is 143 Å². The number of halogens is 3. The average Bonchev–Trinajstić information content (AvgIpc) is 2.49. The molecule has 0 fully saturated rings. The van der Waals surface area contributed by atoms with Gasteiger partial charge in [0, 0.05) is 5.57 Å². The number of ether oxygens (including phenoxy) is 1. The number of anilines is 1. The fourth-order valence-electron chi connectivity index (χ4n) is 2.17. The monoisotopic (exact) mass is 356 g/mol. The number of rotatable bonds is 1. The van der Waals surface area contributed by atoms with E-state index in [1.165, 1.54) is 5.01 Å². The zero-order valence-corrected chi connectivity index (χ0v) is 13.5. The van der Waals surface area contributed by atoms with Crippen LogP contribution in [0.3, 0.4) is 0 Å². The van der Waals surface area contributed by atoms with Gasteiger partial charge in [-0.05, 0) is 24.3 Å². The number of hydrogen-bond donors (Lipinski definition) is 1. The minimum absolute atomic E-state index is 0. The molecule has 1 aromatic carbocycles. The van der Waals surface area contributed by atoms with E-state index in [9.17, 15) is 5.26 Å². The predicted octanol–water partition coefficient (Wildman–Crippen LogP) is 3.24. The van der Waals surface area contributed by atoms with Crippen molar-refractivity contribution in [3.63, 3.8) is 0 Å². The third kappa shape index (κ3) is 2.79. The Hall–Kier alpha value is -1.71. The maximum atomic E-state index is 9.37. The Morgan fingerprint density at radius 3 is 2.77 bits per heavy atom. The minimum atomic E-state index is 0. The number of nitrogens with two attached hydrogens (primary N) is 1. The van der Waals surface area contributed by atoms with Gasteiger partial charge in [-0.1, -0.05) is 23.2 Å². The highest BCUT2D eigenvalue weighted by atomic mass is 35.5. The van der Waals surface area contributed by atoms with Crippen LogP contribution in [-0.4, -0.2) is 18.9 Å². The summed E-state index contributed by atoms with van der Waals surface area (Å²) in [6.45, 7) is 0.779. The van der Waals surface area contributed by atoms with E-state index in [1.807, 2.05) is 0 Å². The van der Waals surface area contributed by atoms with Gasteiger partial charge in [0.2, 0.25) is 0 Å². The van der Waals surface area contributed by atoms with Gasteiger partial charge in [0.05, 0.1) is 34.7 Å². The van der Waals surface area contributed by atoms with Gasteiger partial charge in [-0.2, -0.15) is 10.4 Å². The van der Waals surface area contributed by atoms with Crippen LogP contribution in [-0.2, 0) is 4.74 Å². The van der Waals surface area contributed by atoms with E-state index in [0.717, 1.165) is 5.57 Å². The molecule has 114 valence electrons. The highest BCUT2D eigenvalue weighted by Crippen LogP contribution is 2.32. The highest BCUT2D eigenvalue weighted by molar-refractivity contribution is 6.42. The van der Waals surface area contributed by atoms with Crippen LogP contribution in [0, 0.1) is 11.3 Å². The largest absolute Gasteiger partial charge is 0.383 e. The first-order valence-corrected chi connectivity index (χ1v) is 6.88. The number of benzene rings is 1. The van der Waals surface area contributed by atoms with Crippen molar-refractivity contribution in [3.8, 4) is 6.07 Å². The smallest absolute Gasteiger partial charge is 0.144 e. The van der Waals surface area contributed by atoms with E-state index in [2.05, 4.69) is 11.2 Å². The Balaban J connectivity index is 0.00000176. The zero-order chi connectivity index (χ0) is 15.0. The molecule has 0 saturated carbocycles. The molecule has 0 atom stereocenters. The van der Waals surface area contributed by atoms with Crippen molar-refractivity contribution in [1.82, 2.24) is 0 Å². The van der Waals surface area contributed by atoms with E-state index >= 15 is 0 Å². The molecular weight excluding hydrogens is 347 g/mol. The lowest BCUT2D eigenvalue weighted by Gasteiger charge is -2.29. The second-order valence-corrected chi connectivity index (χ2v) is 5.28. The maximum Gasteiger partial charge on any atom is 0.144 e. The first-order chi connectivity index (χ1) is 10.1. The summed E-state index contributed by atoms with van der Waals surface area (Å²) in [6, 6.07) is 7.16. The molecule has 5 nitrogen and oxygen atoms in total. The van der Waals surface area contributed by atoms with Crippen LogP contribution in [0.5, 0.6) is 0 Å². The summed E-state index contributed by atoms with van der Waals surface area (Å²) in [4.78, 5) is 0. The van der Waals surface area contributed by atoms with Gasteiger partial charge in [0.15, 0.2) is 0 Å². The maximum absolute atomic E-state index is 9.37. The lowest BCUT2D eigenvalue weighted by molar-refractivity contribution is 0.199. The molecule has 0 saturated heterocycles. The minimum Gasteiger partial charge on any atom is -0.383 e. The predicted molar refractivity (Wildman–Crippen MR) is 89.4 cm³/mol. The highest BCUT2D eigenvalue weighted by Gasteiger charge is 2.28. The quantitative estimate of drug-likeness (QED) is 0.837. The number of nitrogens with zero attached hydrogens (tertiary/aromatic N) is 3. The number of allylic oxidation sites excluding steroid dienone is 1. The van der Waals surface area contributed by atoms with E-state index in [0.29, 0.717) is 40.2 Å². The molecule has 2 heterocycles. The van der Waals surface area contributed by atoms with Crippen molar-refractivity contribution < 1.29 is 4.74 Å². The average molecular weight is 358 g/mol. The summed E-state index contributed by atoms with van der Waals surface area (Å²) in [5, 5.41) is 16.1. The molecule has 3 rings (SSSR count). The standard InChI is InChI=1S/C14H10Cl2N4O.ClH/c15-11-2-1-8(5-12(11)16)20-14(18)10(6-17)9-3-4-21-7-13(9)19-20;/h1-3,5H,4,7,18H2;1H. The molecule has 0 amide bonds. The summed E-state index contributed by atoms with van der Waals surface area (Å²) in [6.07, 6.45) is 1.81. The van der Waals surface area contributed by atoms with Crippen LogP contribution in [0.15, 0.2) is 46.3 Å². The van der Waals surface area contributed by atoms with Gasteiger partial charge >= 0.3 is 0 Å². The van der Waals surface area contributed by atoms with E-state index in [-0.39, 0.29) is 18.2 Å². The second kappa shape index (κ2) is 6.59. The second-order valence-electron chi connectivity index (χ2n) is 4.46. The lowest BCUT2D eigenvalue weighted by Crippen LogP contribution is -2.34. The Morgan fingerprint density at radius 1 is 1.32 bits per heavy atom. The summed E-state index contributed by atoms with van der Waals surface area (Å²) in [5.41, 5.74) is 8.49. The summed E-state index contributed by atoms with van der Waals surface area (Å²) >= 11 is 11.9. The number of hydrogen-bond acceptors (Lipinski definition) is 5. The third-order valence-corrected chi connectivity index (χ3v) is 3.93. The normalized spacial score (nSPS) is 17.0. The van der Waals surface area contributed by atoms with Gasteiger partial charge in [-0.15, -0.1) is 12.4 Å². The molecule has 1 aromatic rings. The molecule has 8 heteroatoms. The fourth-order valence-corrected chi connectivity index (χ4v) is 2.46. The molecule has 2 N–H and O–H groups in total. The topological polar surface area (TPSA) is 74.6 Å². The first-order valence-electron chi connectivity index (χ1n) is 6.13. The fraction of sp³-hybridized carbons (Fsp3) is 0.143. The molecule has 0 unspecified atom stereocenters. The van der Waals surface area contributed by atoms with Crippen LogP contribution >= 0.6 is 35.6 Å². The molecule has 2 aliphatic heterocycles. The molecule has 0 aromatic heterocycles. The van der Waals surface area contributed by atoms with Crippen LogP contribution in [0.2, 0.25) is 10.0 Å². The molecule has 0 radical (unpaired) electrons.